The van der Waals surface area contributed by atoms with E-state index in [0.717, 1.165) is 19.6 Å². The highest BCUT2D eigenvalue weighted by Gasteiger charge is 2.36. The Hall–Kier alpha value is -0.610. The Labute approximate surface area is 91.4 Å². The fourth-order valence-electron chi connectivity index (χ4n) is 2.69. The Kier molecular flexibility index (Phi) is 3.26. The maximum Gasteiger partial charge on any atom is 0.237 e. The van der Waals surface area contributed by atoms with Gasteiger partial charge >= 0.3 is 0 Å². The normalized spacial score (nSPS) is 33.4. The zero-order valence-electron chi connectivity index (χ0n) is 9.62. The van der Waals surface area contributed by atoms with Crippen molar-refractivity contribution in [2.75, 3.05) is 19.6 Å². The molecule has 2 rings (SSSR count). The van der Waals surface area contributed by atoms with Crippen molar-refractivity contribution in [2.24, 2.45) is 5.92 Å². The maximum atomic E-state index is 11.8. The van der Waals surface area contributed by atoms with E-state index < -0.39 is 0 Å². The molecule has 2 aliphatic heterocycles. The third-order valence-corrected chi connectivity index (χ3v) is 3.36. The highest BCUT2D eigenvalue weighted by atomic mass is 16.2. The van der Waals surface area contributed by atoms with Crippen LogP contribution in [0.1, 0.15) is 26.7 Å². The summed E-state index contributed by atoms with van der Waals surface area (Å²) in [6.07, 6.45) is 2.83. The molecule has 0 saturated carbocycles. The molecular weight excluding hydrogens is 190 g/mol. The minimum Gasteiger partial charge on any atom is -0.353 e. The Balaban J connectivity index is 2.08. The van der Waals surface area contributed by atoms with E-state index in [1.54, 1.807) is 0 Å². The highest BCUT2D eigenvalue weighted by Crippen LogP contribution is 2.20. The van der Waals surface area contributed by atoms with Crippen LogP contribution in [0.5, 0.6) is 0 Å². The second kappa shape index (κ2) is 4.49. The zero-order chi connectivity index (χ0) is 10.8. The van der Waals surface area contributed by atoms with Crippen molar-refractivity contribution in [3.05, 3.63) is 0 Å². The molecule has 0 aromatic rings. The third kappa shape index (κ3) is 2.16. The second-order valence-electron chi connectivity index (χ2n) is 4.83. The van der Waals surface area contributed by atoms with Crippen LogP contribution in [0.25, 0.3) is 0 Å². The smallest absolute Gasteiger partial charge is 0.237 e. The summed E-state index contributed by atoms with van der Waals surface area (Å²) in [7, 11) is 0. The van der Waals surface area contributed by atoms with Gasteiger partial charge in [-0.15, -0.1) is 0 Å². The van der Waals surface area contributed by atoms with Crippen molar-refractivity contribution in [3.63, 3.8) is 0 Å². The zero-order valence-corrected chi connectivity index (χ0v) is 9.62. The van der Waals surface area contributed by atoms with Gasteiger partial charge in [-0.2, -0.15) is 0 Å². The van der Waals surface area contributed by atoms with Crippen molar-refractivity contribution in [3.8, 4) is 0 Å². The van der Waals surface area contributed by atoms with Crippen LogP contribution in [0, 0.1) is 5.92 Å². The Morgan fingerprint density at radius 2 is 2.20 bits per heavy atom. The van der Waals surface area contributed by atoms with Gasteiger partial charge in [0.15, 0.2) is 0 Å². The van der Waals surface area contributed by atoms with Crippen molar-refractivity contribution >= 4 is 5.91 Å². The molecule has 0 spiro atoms. The fraction of sp³-hybridized carbons (Fsp3) is 0.909. The van der Waals surface area contributed by atoms with E-state index in [0.29, 0.717) is 12.1 Å². The van der Waals surface area contributed by atoms with Crippen molar-refractivity contribution in [1.82, 2.24) is 15.5 Å². The number of carbonyl (C=O) groups is 1. The quantitative estimate of drug-likeness (QED) is 0.683. The molecule has 86 valence electrons. The first kappa shape index (κ1) is 10.9. The van der Waals surface area contributed by atoms with E-state index in [2.05, 4.69) is 29.4 Å². The monoisotopic (exact) mass is 211 g/mol. The molecule has 2 N–H and O–H groups in total. The molecule has 1 amide bonds. The van der Waals surface area contributed by atoms with Gasteiger partial charge in [0.25, 0.3) is 0 Å². The Bertz CT molecular complexity index is 236. The minimum absolute atomic E-state index is 0.0503. The number of rotatable bonds is 2. The number of nitrogens with one attached hydrogen (secondary N) is 2. The lowest BCUT2D eigenvalue weighted by molar-refractivity contribution is -0.132. The highest BCUT2D eigenvalue weighted by molar-refractivity contribution is 5.82. The second-order valence-corrected chi connectivity index (χ2v) is 4.83. The van der Waals surface area contributed by atoms with Crippen molar-refractivity contribution in [2.45, 2.75) is 38.9 Å². The molecule has 4 nitrogen and oxygen atoms in total. The molecule has 0 bridgehead atoms. The number of piperazine rings is 1. The fourth-order valence-corrected chi connectivity index (χ4v) is 2.69. The summed E-state index contributed by atoms with van der Waals surface area (Å²) in [6.45, 7) is 7.11. The van der Waals surface area contributed by atoms with Gasteiger partial charge in [0, 0.05) is 13.1 Å². The van der Waals surface area contributed by atoms with Crippen LogP contribution in [0.3, 0.4) is 0 Å². The van der Waals surface area contributed by atoms with Crippen LogP contribution in [-0.2, 0) is 4.79 Å². The van der Waals surface area contributed by atoms with Crippen LogP contribution in [0.15, 0.2) is 0 Å². The molecule has 0 aliphatic carbocycles. The summed E-state index contributed by atoms with van der Waals surface area (Å²) in [4.78, 5) is 14.2. The van der Waals surface area contributed by atoms with Crippen molar-refractivity contribution < 1.29 is 4.79 Å². The lowest BCUT2D eigenvalue weighted by Gasteiger charge is -2.40. The Morgan fingerprint density at radius 3 is 2.80 bits per heavy atom. The van der Waals surface area contributed by atoms with E-state index in [4.69, 9.17) is 0 Å². The van der Waals surface area contributed by atoms with Gasteiger partial charge in [0.05, 0.1) is 12.2 Å². The largest absolute Gasteiger partial charge is 0.353 e. The lowest BCUT2D eigenvalue weighted by Crippen LogP contribution is -2.62. The molecule has 2 atom stereocenters. The van der Waals surface area contributed by atoms with E-state index in [1.807, 2.05) is 0 Å². The average Bonchev–Trinajstić information content (AvgIpc) is 2.69. The number of hydrogen-bond acceptors (Lipinski definition) is 3. The molecule has 2 aliphatic rings. The van der Waals surface area contributed by atoms with E-state index in [1.165, 1.54) is 12.8 Å². The molecule has 2 fully saturated rings. The first-order valence-electron chi connectivity index (χ1n) is 5.97. The summed E-state index contributed by atoms with van der Waals surface area (Å²) in [5, 5.41) is 6.44. The predicted molar refractivity (Wildman–Crippen MR) is 59.4 cm³/mol. The first-order chi connectivity index (χ1) is 7.20. The van der Waals surface area contributed by atoms with Crippen LogP contribution < -0.4 is 10.6 Å². The predicted octanol–water partition coefficient (Wildman–Crippen LogP) is 0.152. The lowest BCUT2D eigenvalue weighted by atomic mass is 9.99. The van der Waals surface area contributed by atoms with Gasteiger partial charge < -0.3 is 10.6 Å². The topological polar surface area (TPSA) is 44.4 Å². The average molecular weight is 211 g/mol. The summed E-state index contributed by atoms with van der Waals surface area (Å²) < 4.78 is 0. The van der Waals surface area contributed by atoms with Crippen LogP contribution >= 0.6 is 0 Å². The standard InChI is InChI=1S/C11H21N3O/c1-8(2)10-11(15)13-6-7-14(10)9-4-3-5-12-9/h8-10,12H,3-7H2,1-2H3,(H,13,15). The number of nitrogens with zero attached hydrogens (tertiary/aromatic N) is 1. The van der Waals surface area contributed by atoms with Crippen molar-refractivity contribution in [1.29, 1.82) is 0 Å². The van der Waals surface area contributed by atoms with Gasteiger partial charge in [-0.05, 0) is 25.3 Å². The van der Waals surface area contributed by atoms with Gasteiger partial charge in [0.2, 0.25) is 5.91 Å². The van der Waals surface area contributed by atoms with Gasteiger partial charge in [-0.25, -0.2) is 0 Å². The molecule has 2 heterocycles. The molecule has 0 aromatic carbocycles. The summed E-state index contributed by atoms with van der Waals surface area (Å²) in [5.74, 6) is 0.581. The van der Waals surface area contributed by atoms with Gasteiger partial charge in [0.1, 0.15) is 0 Å². The van der Waals surface area contributed by atoms with Gasteiger partial charge in [-0.3, -0.25) is 9.69 Å². The summed E-state index contributed by atoms with van der Waals surface area (Å²) in [6, 6.07) is 0.0503. The van der Waals surface area contributed by atoms with Crippen LogP contribution in [0.4, 0.5) is 0 Å². The maximum absolute atomic E-state index is 11.8. The van der Waals surface area contributed by atoms with Crippen LogP contribution in [-0.4, -0.2) is 42.6 Å². The summed E-state index contributed by atoms with van der Waals surface area (Å²) in [5.41, 5.74) is 0. The molecule has 2 unspecified atom stereocenters. The van der Waals surface area contributed by atoms with E-state index in [9.17, 15) is 4.79 Å². The van der Waals surface area contributed by atoms with E-state index in [-0.39, 0.29) is 11.9 Å². The molecule has 4 heteroatoms. The van der Waals surface area contributed by atoms with Gasteiger partial charge in [-0.1, -0.05) is 13.8 Å². The molecule has 2 saturated heterocycles. The first-order valence-corrected chi connectivity index (χ1v) is 5.97. The van der Waals surface area contributed by atoms with Crippen LogP contribution in [0.2, 0.25) is 0 Å². The minimum atomic E-state index is 0.0503. The van der Waals surface area contributed by atoms with E-state index >= 15 is 0 Å². The SMILES string of the molecule is CC(C)C1C(=O)NCCN1C1CCCN1. The number of hydrogen-bond donors (Lipinski definition) is 2. The molecule has 0 radical (unpaired) electrons. The Morgan fingerprint density at radius 1 is 1.40 bits per heavy atom. The third-order valence-electron chi connectivity index (χ3n) is 3.36. The molecular formula is C11H21N3O. The molecule has 15 heavy (non-hydrogen) atoms. The number of amides is 1. The summed E-state index contributed by atoms with van der Waals surface area (Å²) >= 11 is 0. The molecule has 0 aromatic heterocycles. The number of carbonyl (C=O) groups excluding carboxylic acids is 1.